The van der Waals surface area contributed by atoms with Crippen LogP contribution < -0.4 is 5.73 Å². The number of halogens is 1. The number of aromatic nitrogens is 1. The first kappa shape index (κ1) is 15.4. The van der Waals surface area contributed by atoms with Crippen molar-refractivity contribution < 1.29 is 12.8 Å². The van der Waals surface area contributed by atoms with Crippen molar-refractivity contribution in [1.29, 1.82) is 0 Å². The SMILES string of the molecule is CC(c1ccccc1F)N(C)S(=O)(=O)c1ccc(N)nc1. The molecule has 5 nitrogen and oxygen atoms in total. The highest BCUT2D eigenvalue weighted by atomic mass is 32.2. The Bertz CT molecular complexity index is 732. The first-order chi connectivity index (χ1) is 9.84. The molecule has 2 aromatic rings. The molecule has 2 N–H and O–H groups in total. The molecular weight excluding hydrogens is 293 g/mol. The van der Waals surface area contributed by atoms with E-state index >= 15 is 0 Å². The van der Waals surface area contributed by atoms with E-state index in [0.29, 0.717) is 5.56 Å². The predicted molar refractivity (Wildman–Crippen MR) is 78.4 cm³/mol. The lowest BCUT2D eigenvalue weighted by molar-refractivity contribution is 0.387. The van der Waals surface area contributed by atoms with Gasteiger partial charge in [0.15, 0.2) is 0 Å². The van der Waals surface area contributed by atoms with E-state index in [9.17, 15) is 12.8 Å². The molecule has 0 radical (unpaired) electrons. The number of nitrogen functional groups attached to an aromatic ring is 1. The second-order valence-electron chi connectivity index (χ2n) is 4.64. The molecule has 1 aromatic carbocycles. The number of pyridine rings is 1. The molecule has 1 aromatic heterocycles. The highest BCUT2D eigenvalue weighted by Crippen LogP contribution is 2.27. The molecule has 21 heavy (non-hydrogen) atoms. The van der Waals surface area contributed by atoms with Gasteiger partial charge in [0.05, 0.1) is 0 Å². The summed E-state index contributed by atoms with van der Waals surface area (Å²) in [6, 6.07) is 8.24. The van der Waals surface area contributed by atoms with Gasteiger partial charge in [-0.25, -0.2) is 17.8 Å². The smallest absolute Gasteiger partial charge is 0.244 e. The molecular formula is C14H16FN3O2S. The number of hydrogen-bond donors (Lipinski definition) is 1. The Morgan fingerprint density at radius 3 is 2.48 bits per heavy atom. The zero-order valence-electron chi connectivity index (χ0n) is 11.7. The minimum Gasteiger partial charge on any atom is -0.384 e. The monoisotopic (exact) mass is 309 g/mol. The topological polar surface area (TPSA) is 76.3 Å². The summed E-state index contributed by atoms with van der Waals surface area (Å²) in [5.41, 5.74) is 5.76. The van der Waals surface area contributed by atoms with E-state index in [4.69, 9.17) is 5.73 Å². The fraction of sp³-hybridized carbons (Fsp3) is 0.214. The van der Waals surface area contributed by atoms with Crippen LogP contribution in [0.15, 0.2) is 47.5 Å². The van der Waals surface area contributed by atoms with Crippen LogP contribution in [0.1, 0.15) is 18.5 Å². The van der Waals surface area contributed by atoms with Gasteiger partial charge in [-0.3, -0.25) is 0 Å². The Kier molecular flexibility index (Phi) is 4.24. The van der Waals surface area contributed by atoms with Crippen LogP contribution in [-0.2, 0) is 10.0 Å². The normalized spacial score (nSPS) is 13.3. The Labute approximate surface area is 123 Å². The summed E-state index contributed by atoms with van der Waals surface area (Å²) in [5, 5.41) is 0. The summed E-state index contributed by atoms with van der Waals surface area (Å²) in [4.78, 5) is 3.79. The second-order valence-corrected chi connectivity index (χ2v) is 6.64. The maximum atomic E-state index is 13.8. The quantitative estimate of drug-likeness (QED) is 0.939. The third kappa shape index (κ3) is 3.03. The number of nitrogens with two attached hydrogens (primary N) is 1. The molecule has 0 saturated heterocycles. The van der Waals surface area contributed by atoms with E-state index in [-0.39, 0.29) is 10.7 Å². The molecule has 1 heterocycles. The number of sulfonamides is 1. The van der Waals surface area contributed by atoms with Gasteiger partial charge in [0.25, 0.3) is 0 Å². The first-order valence-electron chi connectivity index (χ1n) is 6.28. The van der Waals surface area contributed by atoms with Gasteiger partial charge < -0.3 is 5.73 Å². The van der Waals surface area contributed by atoms with E-state index in [1.165, 1.54) is 31.4 Å². The van der Waals surface area contributed by atoms with Crippen LogP contribution in [0.4, 0.5) is 10.2 Å². The number of benzene rings is 1. The van der Waals surface area contributed by atoms with Crippen molar-refractivity contribution in [2.75, 3.05) is 12.8 Å². The standard InChI is InChI=1S/C14H16FN3O2S/c1-10(12-5-3-4-6-13(12)15)18(2)21(19,20)11-7-8-14(16)17-9-11/h3-10H,1-2H3,(H2,16,17). The van der Waals surface area contributed by atoms with Crippen LogP contribution in [0.25, 0.3) is 0 Å². The van der Waals surface area contributed by atoms with Crippen molar-refractivity contribution >= 4 is 15.8 Å². The average Bonchev–Trinajstić information content (AvgIpc) is 2.46. The molecule has 0 aliphatic heterocycles. The molecule has 7 heteroatoms. The number of hydrogen-bond acceptors (Lipinski definition) is 4. The zero-order chi connectivity index (χ0) is 15.6. The van der Waals surface area contributed by atoms with Gasteiger partial charge in [0.2, 0.25) is 10.0 Å². The van der Waals surface area contributed by atoms with E-state index < -0.39 is 21.9 Å². The summed E-state index contributed by atoms with van der Waals surface area (Å²) in [5.74, 6) is -0.207. The third-order valence-corrected chi connectivity index (χ3v) is 5.25. The van der Waals surface area contributed by atoms with Crippen LogP contribution in [-0.4, -0.2) is 24.8 Å². The van der Waals surface area contributed by atoms with Gasteiger partial charge in [-0.2, -0.15) is 4.31 Å². The van der Waals surface area contributed by atoms with Gasteiger partial charge in [-0.05, 0) is 25.1 Å². The highest BCUT2D eigenvalue weighted by Gasteiger charge is 2.27. The van der Waals surface area contributed by atoms with Crippen LogP contribution in [0, 0.1) is 5.82 Å². The Morgan fingerprint density at radius 1 is 1.24 bits per heavy atom. The van der Waals surface area contributed by atoms with E-state index in [1.54, 1.807) is 25.1 Å². The zero-order valence-corrected chi connectivity index (χ0v) is 12.5. The molecule has 0 amide bonds. The number of nitrogens with zero attached hydrogens (tertiary/aromatic N) is 2. The van der Waals surface area contributed by atoms with E-state index in [1.807, 2.05) is 0 Å². The van der Waals surface area contributed by atoms with E-state index in [0.717, 1.165) is 4.31 Å². The fourth-order valence-corrected chi connectivity index (χ4v) is 3.22. The summed E-state index contributed by atoms with van der Waals surface area (Å²) in [7, 11) is -2.37. The molecule has 0 spiro atoms. The summed E-state index contributed by atoms with van der Waals surface area (Å²) in [6.07, 6.45) is 1.19. The van der Waals surface area contributed by atoms with Gasteiger partial charge in [-0.15, -0.1) is 0 Å². The van der Waals surface area contributed by atoms with Crippen LogP contribution in [0.3, 0.4) is 0 Å². The van der Waals surface area contributed by atoms with Crippen molar-refractivity contribution in [1.82, 2.24) is 9.29 Å². The molecule has 0 fully saturated rings. The van der Waals surface area contributed by atoms with Crippen LogP contribution in [0.2, 0.25) is 0 Å². The molecule has 1 unspecified atom stereocenters. The summed E-state index contributed by atoms with van der Waals surface area (Å²) in [6.45, 7) is 1.63. The minimum absolute atomic E-state index is 0.0161. The van der Waals surface area contributed by atoms with Gasteiger partial charge in [0, 0.05) is 24.8 Å². The lowest BCUT2D eigenvalue weighted by Crippen LogP contribution is -2.30. The fourth-order valence-electron chi connectivity index (χ4n) is 1.93. The molecule has 112 valence electrons. The Balaban J connectivity index is 2.36. The lowest BCUT2D eigenvalue weighted by Gasteiger charge is -2.24. The van der Waals surface area contributed by atoms with Crippen molar-refractivity contribution in [2.45, 2.75) is 17.9 Å². The van der Waals surface area contributed by atoms with Crippen molar-refractivity contribution in [3.63, 3.8) is 0 Å². The van der Waals surface area contributed by atoms with Crippen molar-refractivity contribution in [3.8, 4) is 0 Å². The maximum Gasteiger partial charge on any atom is 0.244 e. The second kappa shape index (κ2) is 5.79. The molecule has 0 aliphatic rings. The van der Waals surface area contributed by atoms with Crippen molar-refractivity contribution in [3.05, 3.63) is 54.0 Å². The van der Waals surface area contributed by atoms with E-state index in [2.05, 4.69) is 4.98 Å². The molecule has 1 atom stereocenters. The lowest BCUT2D eigenvalue weighted by atomic mass is 10.1. The number of rotatable bonds is 4. The summed E-state index contributed by atoms with van der Waals surface area (Å²) < 4.78 is 39.9. The third-order valence-electron chi connectivity index (χ3n) is 3.34. The average molecular weight is 309 g/mol. The molecule has 0 saturated carbocycles. The van der Waals surface area contributed by atoms with Gasteiger partial charge >= 0.3 is 0 Å². The molecule has 2 rings (SSSR count). The highest BCUT2D eigenvalue weighted by molar-refractivity contribution is 7.89. The van der Waals surface area contributed by atoms with Crippen LogP contribution in [0.5, 0.6) is 0 Å². The van der Waals surface area contributed by atoms with Crippen molar-refractivity contribution in [2.24, 2.45) is 0 Å². The Hall–Kier alpha value is -1.99. The molecule has 0 aliphatic carbocycles. The largest absolute Gasteiger partial charge is 0.384 e. The van der Waals surface area contributed by atoms with Gasteiger partial charge in [0.1, 0.15) is 16.5 Å². The minimum atomic E-state index is -3.77. The number of anilines is 1. The Morgan fingerprint density at radius 2 is 1.90 bits per heavy atom. The van der Waals surface area contributed by atoms with Gasteiger partial charge in [-0.1, -0.05) is 18.2 Å². The molecule has 0 bridgehead atoms. The summed E-state index contributed by atoms with van der Waals surface area (Å²) >= 11 is 0. The first-order valence-corrected chi connectivity index (χ1v) is 7.72. The predicted octanol–water partition coefficient (Wildman–Crippen LogP) is 2.18. The maximum absolute atomic E-state index is 13.8. The van der Waals surface area contributed by atoms with Crippen LogP contribution >= 0.6 is 0 Å².